The number of methoxy groups -OCH3 is 1. The molecule has 1 aromatic heterocycles. The van der Waals surface area contributed by atoms with Gasteiger partial charge >= 0.3 is 11.7 Å². The number of halogens is 1. The van der Waals surface area contributed by atoms with E-state index in [1.165, 1.54) is 7.11 Å². The van der Waals surface area contributed by atoms with Gasteiger partial charge in [-0.1, -0.05) is 0 Å². The van der Waals surface area contributed by atoms with Crippen LogP contribution in [0, 0.1) is 10.1 Å². The Hall–Kier alpha value is -1.41. The average molecular weight is 253 g/mol. The molecule has 0 amide bonds. The van der Waals surface area contributed by atoms with E-state index in [2.05, 4.69) is 9.72 Å². The average Bonchev–Trinajstić information content (AvgIpc) is 2.15. The van der Waals surface area contributed by atoms with Crippen molar-refractivity contribution in [3.05, 3.63) is 22.2 Å². The van der Waals surface area contributed by atoms with Crippen molar-refractivity contribution in [2.75, 3.05) is 7.11 Å². The zero-order chi connectivity index (χ0) is 11.6. The summed E-state index contributed by atoms with van der Waals surface area (Å²) in [6.07, 6.45) is 0. The third-order valence-corrected chi connectivity index (χ3v) is 2.77. The topological polar surface area (TPSA) is 99.4 Å². The van der Waals surface area contributed by atoms with Gasteiger partial charge < -0.3 is 14.9 Å². The van der Waals surface area contributed by atoms with Crippen molar-refractivity contribution in [2.24, 2.45) is 0 Å². The molecule has 0 atom stereocenters. The molecule has 0 fully saturated rings. The minimum Gasteiger partial charge on any atom is -0.463 e. The Morgan fingerprint density at radius 2 is 2.13 bits per heavy atom. The second-order valence-corrected chi connectivity index (χ2v) is 4.96. The number of hydrogen-bond acceptors (Lipinski definition) is 6. The highest BCUT2D eigenvalue weighted by molar-refractivity contribution is 8.13. The highest BCUT2D eigenvalue weighted by Gasteiger charge is 2.20. The monoisotopic (exact) mass is 252 g/mol. The maximum absolute atomic E-state index is 10.9. The standard InChI is InChI=1S/C6H5ClN2O5S/c1-14-6-3-4(15(7,12)13)2-5(8-6)9(10)11/h2-3H,1H3. The molecule has 0 radical (unpaired) electrons. The predicted molar refractivity (Wildman–Crippen MR) is 50.5 cm³/mol. The summed E-state index contributed by atoms with van der Waals surface area (Å²) in [6, 6.07) is 1.75. The third-order valence-electron chi connectivity index (χ3n) is 1.44. The van der Waals surface area contributed by atoms with Gasteiger partial charge in [-0.2, -0.15) is 0 Å². The van der Waals surface area contributed by atoms with Crippen molar-refractivity contribution >= 4 is 25.6 Å². The Kier molecular flexibility index (Phi) is 3.10. The summed E-state index contributed by atoms with van der Waals surface area (Å²) in [4.78, 5) is 12.6. The van der Waals surface area contributed by atoms with E-state index in [1.54, 1.807) is 0 Å². The number of pyridine rings is 1. The minimum atomic E-state index is -4.04. The number of rotatable bonds is 3. The van der Waals surface area contributed by atoms with E-state index in [4.69, 9.17) is 10.7 Å². The highest BCUT2D eigenvalue weighted by atomic mass is 35.7. The fourth-order valence-electron chi connectivity index (χ4n) is 0.807. The van der Waals surface area contributed by atoms with E-state index in [0.29, 0.717) is 0 Å². The summed E-state index contributed by atoms with van der Waals surface area (Å²) in [5.74, 6) is -0.836. The smallest absolute Gasteiger partial charge is 0.369 e. The molecule has 0 bridgehead atoms. The molecule has 82 valence electrons. The molecule has 1 rings (SSSR count). The lowest BCUT2D eigenvalue weighted by Gasteiger charge is -1.98. The Bertz CT molecular complexity index is 500. The van der Waals surface area contributed by atoms with Gasteiger partial charge in [0.2, 0.25) is 0 Å². The lowest BCUT2D eigenvalue weighted by Crippen LogP contribution is -1.99. The van der Waals surface area contributed by atoms with Gasteiger partial charge in [-0.05, 0) is 4.92 Å². The molecule has 0 aliphatic carbocycles. The summed E-state index contributed by atoms with van der Waals surface area (Å²) >= 11 is 0. The quantitative estimate of drug-likeness (QED) is 0.451. The minimum absolute atomic E-state index is 0.191. The van der Waals surface area contributed by atoms with Gasteiger partial charge in [-0.3, -0.25) is 0 Å². The maximum Gasteiger partial charge on any atom is 0.369 e. The van der Waals surface area contributed by atoms with Gasteiger partial charge in [0.15, 0.2) is 0 Å². The van der Waals surface area contributed by atoms with Crippen LogP contribution in [-0.2, 0) is 9.05 Å². The van der Waals surface area contributed by atoms with Crippen molar-refractivity contribution in [1.29, 1.82) is 0 Å². The molecule has 0 unspecified atom stereocenters. The number of aromatic nitrogens is 1. The second-order valence-electron chi connectivity index (χ2n) is 2.40. The first-order chi connectivity index (χ1) is 6.84. The largest absolute Gasteiger partial charge is 0.463 e. The summed E-state index contributed by atoms with van der Waals surface area (Å²) in [5, 5.41) is 10.4. The fourth-order valence-corrected chi connectivity index (χ4v) is 1.56. The molecule has 0 aliphatic heterocycles. The number of ether oxygens (including phenoxy) is 1. The Labute approximate surface area is 89.2 Å². The first kappa shape index (κ1) is 11.7. The van der Waals surface area contributed by atoms with Crippen LogP contribution in [0.3, 0.4) is 0 Å². The molecule has 9 heteroatoms. The third kappa shape index (κ3) is 2.77. The van der Waals surface area contributed by atoms with E-state index in [0.717, 1.165) is 12.1 Å². The van der Waals surface area contributed by atoms with E-state index >= 15 is 0 Å². The lowest BCUT2D eigenvalue weighted by atomic mass is 10.4. The molecule has 15 heavy (non-hydrogen) atoms. The second kappa shape index (κ2) is 3.99. The number of nitrogens with zero attached hydrogens (tertiary/aromatic N) is 2. The van der Waals surface area contributed by atoms with Crippen LogP contribution in [0.15, 0.2) is 17.0 Å². The molecule has 0 aliphatic rings. The van der Waals surface area contributed by atoms with Crippen LogP contribution in [0.1, 0.15) is 0 Å². The molecule has 0 saturated heterocycles. The lowest BCUT2D eigenvalue weighted by molar-refractivity contribution is -0.389. The maximum atomic E-state index is 10.9. The molecule has 0 N–H and O–H groups in total. The van der Waals surface area contributed by atoms with Crippen LogP contribution in [0.2, 0.25) is 0 Å². The summed E-state index contributed by atoms with van der Waals surface area (Å²) < 4.78 is 26.5. The van der Waals surface area contributed by atoms with Crippen molar-refractivity contribution in [1.82, 2.24) is 4.98 Å². The molecule has 1 heterocycles. The Balaban J connectivity index is 3.43. The SMILES string of the molecule is COc1cc(S(=O)(=O)Cl)cc([N+](=O)[O-])n1. The molecular formula is C6H5ClN2O5S. The van der Waals surface area contributed by atoms with Gasteiger partial charge in [0.1, 0.15) is 0 Å². The van der Waals surface area contributed by atoms with Crippen LogP contribution in [-0.4, -0.2) is 25.4 Å². The zero-order valence-corrected chi connectivity index (χ0v) is 8.95. The first-order valence-corrected chi connectivity index (χ1v) is 5.80. The zero-order valence-electron chi connectivity index (χ0n) is 7.38. The predicted octanol–water partition coefficient (Wildman–Crippen LogP) is 0.926. The summed E-state index contributed by atoms with van der Waals surface area (Å²) in [6.45, 7) is 0. The highest BCUT2D eigenvalue weighted by Crippen LogP contribution is 2.23. The van der Waals surface area contributed by atoms with Crippen LogP contribution >= 0.6 is 10.7 Å². The van der Waals surface area contributed by atoms with Gasteiger partial charge in [0.25, 0.3) is 9.05 Å². The van der Waals surface area contributed by atoms with E-state index < -0.39 is 24.7 Å². The Morgan fingerprint density at radius 1 is 1.53 bits per heavy atom. The van der Waals surface area contributed by atoms with Crippen LogP contribution < -0.4 is 4.74 Å². The first-order valence-electron chi connectivity index (χ1n) is 3.49. The number of hydrogen-bond donors (Lipinski definition) is 0. The fraction of sp³-hybridized carbons (Fsp3) is 0.167. The van der Waals surface area contributed by atoms with Gasteiger partial charge in [0.05, 0.1) is 18.1 Å². The Morgan fingerprint density at radius 3 is 2.53 bits per heavy atom. The van der Waals surface area contributed by atoms with Gasteiger partial charge in [-0.25, -0.2) is 8.42 Å². The molecule has 0 spiro atoms. The molecule has 1 aromatic rings. The van der Waals surface area contributed by atoms with Crippen molar-refractivity contribution in [3.8, 4) is 5.88 Å². The summed E-state index contributed by atoms with van der Waals surface area (Å²) in [7, 11) is 2.19. The molecule has 0 aromatic carbocycles. The summed E-state index contributed by atoms with van der Waals surface area (Å²) in [5.41, 5.74) is 0. The molecular weight excluding hydrogens is 248 g/mol. The van der Waals surface area contributed by atoms with Crippen molar-refractivity contribution < 1.29 is 18.1 Å². The van der Waals surface area contributed by atoms with Crippen LogP contribution in [0.5, 0.6) is 5.88 Å². The van der Waals surface area contributed by atoms with Crippen LogP contribution in [0.4, 0.5) is 5.82 Å². The van der Waals surface area contributed by atoms with Crippen LogP contribution in [0.25, 0.3) is 0 Å². The molecule has 7 nitrogen and oxygen atoms in total. The molecule has 0 saturated carbocycles. The number of nitro groups is 1. The van der Waals surface area contributed by atoms with E-state index in [1.807, 2.05) is 0 Å². The van der Waals surface area contributed by atoms with Gasteiger partial charge in [0, 0.05) is 21.7 Å². The van der Waals surface area contributed by atoms with E-state index in [9.17, 15) is 18.5 Å². The van der Waals surface area contributed by atoms with Crippen molar-refractivity contribution in [3.63, 3.8) is 0 Å². The van der Waals surface area contributed by atoms with Crippen molar-refractivity contribution in [2.45, 2.75) is 4.90 Å². The van der Waals surface area contributed by atoms with Gasteiger partial charge in [-0.15, -0.1) is 0 Å². The van der Waals surface area contributed by atoms with E-state index in [-0.39, 0.29) is 5.88 Å². The normalized spacial score (nSPS) is 11.1.